The van der Waals surface area contributed by atoms with Crippen LogP contribution in [0.5, 0.6) is 0 Å². The number of aromatic nitrogens is 1. The van der Waals surface area contributed by atoms with Gasteiger partial charge in [0.2, 0.25) is 0 Å². The first-order valence-corrected chi connectivity index (χ1v) is 7.77. The molecular formula is C16H17N3OS. The van der Waals surface area contributed by atoms with E-state index in [0.717, 1.165) is 17.3 Å². The van der Waals surface area contributed by atoms with E-state index >= 15 is 0 Å². The zero-order valence-corrected chi connectivity index (χ0v) is 12.6. The van der Waals surface area contributed by atoms with Crippen LogP contribution in [-0.4, -0.2) is 10.9 Å². The molecule has 0 aliphatic heterocycles. The fourth-order valence-corrected chi connectivity index (χ4v) is 3.34. The quantitative estimate of drug-likeness (QED) is 0.647. The fraction of sp³-hybridized carbons (Fsp3) is 0.188. The number of aromatic amines is 1. The number of hydrogen-bond donors (Lipinski definition) is 3. The molecule has 21 heavy (non-hydrogen) atoms. The number of fused-ring (bicyclic) bond motifs is 1. The van der Waals surface area contributed by atoms with Gasteiger partial charge in [0.15, 0.2) is 0 Å². The minimum Gasteiger partial charge on any atom is -0.399 e. The molecule has 3 rings (SSSR count). The summed E-state index contributed by atoms with van der Waals surface area (Å²) in [6.45, 7) is 2.69. The SMILES string of the molecule is CCc1ccsc1CNC(=O)c1c[nH]c2cc(N)ccc12. The highest BCUT2D eigenvalue weighted by Gasteiger charge is 2.12. The van der Waals surface area contributed by atoms with E-state index in [1.54, 1.807) is 23.6 Å². The molecule has 2 aromatic heterocycles. The van der Waals surface area contributed by atoms with Crippen LogP contribution in [0.1, 0.15) is 27.7 Å². The molecule has 0 fully saturated rings. The van der Waals surface area contributed by atoms with Gasteiger partial charge in [-0.2, -0.15) is 0 Å². The van der Waals surface area contributed by atoms with Crippen molar-refractivity contribution >= 4 is 33.8 Å². The summed E-state index contributed by atoms with van der Waals surface area (Å²) in [6.07, 6.45) is 2.72. The Morgan fingerprint density at radius 1 is 1.38 bits per heavy atom. The van der Waals surface area contributed by atoms with Crippen molar-refractivity contribution < 1.29 is 4.79 Å². The van der Waals surface area contributed by atoms with E-state index in [1.807, 2.05) is 12.1 Å². The molecule has 4 N–H and O–H groups in total. The molecule has 0 saturated heterocycles. The molecule has 1 amide bonds. The molecule has 4 nitrogen and oxygen atoms in total. The van der Waals surface area contributed by atoms with E-state index in [4.69, 9.17) is 5.73 Å². The molecular weight excluding hydrogens is 282 g/mol. The van der Waals surface area contributed by atoms with Crippen molar-refractivity contribution in [1.29, 1.82) is 0 Å². The first kappa shape index (κ1) is 13.7. The van der Waals surface area contributed by atoms with Crippen LogP contribution in [0.3, 0.4) is 0 Å². The lowest BCUT2D eigenvalue weighted by molar-refractivity contribution is 0.0953. The summed E-state index contributed by atoms with van der Waals surface area (Å²) in [6, 6.07) is 7.63. The van der Waals surface area contributed by atoms with Crippen molar-refractivity contribution in [3.05, 3.63) is 51.8 Å². The molecule has 0 radical (unpaired) electrons. The zero-order valence-electron chi connectivity index (χ0n) is 11.8. The van der Waals surface area contributed by atoms with Crippen LogP contribution in [0.2, 0.25) is 0 Å². The second kappa shape index (κ2) is 5.61. The number of nitrogen functional groups attached to an aromatic ring is 1. The molecule has 0 bridgehead atoms. The maximum absolute atomic E-state index is 12.3. The summed E-state index contributed by atoms with van der Waals surface area (Å²) in [5, 5.41) is 5.95. The van der Waals surface area contributed by atoms with Gasteiger partial charge in [-0.25, -0.2) is 0 Å². The Morgan fingerprint density at radius 3 is 3.05 bits per heavy atom. The number of thiophene rings is 1. The molecule has 0 spiro atoms. The number of hydrogen-bond acceptors (Lipinski definition) is 3. The van der Waals surface area contributed by atoms with Crippen LogP contribution in [-0.2, 0) is 13.0 Å². The predicted molar refractivity (Wildman–Crippen MR) is 87.6 cm³/mol. The number of nitrogens with one attached hydrogen (secondary N) is 2. The van der Waals surface area contributed by atoms with Gasteiger partial charge in [0.1, 0.15) is 0 Å². The normalized spacial score (nSPS) is 10.9. The van der Waals surface area contributed by atoms with Crippen molar-refractivity contribution in [2.75, 3.05) is 5.73 Å². The molecule has 0 aliphatic rings. The average molecular weight is 299 g/mol. The van der Waals surface area contributed by atoms with Crippen molar-refractivity contribution in [2.45, 2.75) is 19.9 Å². The molecule has 3 aromatic rings. The van der Waals surface area contributed by atoms with Crippen LogP contribution >= 0.6 is 11.3 Å². The monoisotopic (exact) mass is 299 g/mol. The largest absolute Gasteiger partial charge is 0.399 e. The maximum atomic E-state index is 12.3. The summed E-state index contributed by atoms with van der Waals surface area (Å²) >= 11 is 1.68. The zero-order chi connectivity index (χ0) is 14.8. The van der Waals surface area contributed by atoms with E-state index < -0.39 is 0 Å². The molecule has 0 atom stereocenters. The second-order valence-electron chi connectivity index (χ2n) is 4.91. The highest BCUT2D eigenvalue weighted by atomic mass is 32.1. The van der Waals surface area contributed by atoms with Crippen molar-refractivity contribution in [3.8, 4) is 0 Å². The van der Waals surface area contributed by atoms with Gasteiger partial charge in [-0.15, -0.1) is 11.3 Å². The number of anilines is 1. The van der Waals surface area contributed by atoms with Gasteiger partial charge in [0.25, 0.3) is 5.91 Å². The highest BCUT2D eigenvalue weighted by molar-refractivity contribution is 7.10. The molecule has 0 saturated carbocycles. The van der Waals surface area contributed by atoms with Crippen LogP contribution in [0.25, 0.3) is 10.9 Å². The lowest BCUT2D eigenvalue weighted by Gasteiger charge is -2.05. The Balaban J connectivity index is 1.78. The number of amides is 1. The number of benzene rings is 1. The molecule has 108 valence electrons. The van der Waals surface area contributed by atoms with Gasteiger partial charge >= 0.3 is 0 Å². The van der Waals surface area contributed by atoms with E-state index in [-0.39, 0.29) is 5.91 Å². The lowest BCUT2D eigenvalue weighted by Crippen LogP contribution is -2.22. The summed E-state index contributed by atoms with van der Waals surface area (Å²) in [7, 11) is 0. The number of aryl methyl sites for hydroxylation is 1. The molecule has 5 heteroatoms. The standard InChI is InChI=1S/C16H17N3OS/c1-2-10-5-6-21-15(10)9-19-16(20)13-8-18-14-7-11(17)3-4-12(13)14/h3-8,18H,2,9,17H2,1H3,(H,19,20). The minimum atomic E-state index is -0.0681. The Bertz CT molecular complexity index is 788. The van der Waals surface area contributed by atoms with Crippen molar-refractivity contribution in [1.82, 2.24) is 10.3 Å². The number of rotatable bonds is 4. The van der Waals surface area contributed by atoms with E-state index in [9.17, 15) is 4.79 Å². The van der Waals surface area contributed by atoms with Crippen LogP contribution in [0, 0.1) is 0 Å². The third-order valence-corrected chi connectivity index (χ3v) is 4.54. The van der Waals surface area contributed by atoms with Crippen molar-refractivity contribution in [3.63, 3.8) is 0 Å². The second-order valence-corrected chi connectivity index (χ2v) is 5.91. The van der Waals surface area contributed by atoms with Crippen LogP contribution in [0.15, 0.2) is 35.8 Å². The Hall–Kier alpha value is -2.27. The smallest absolute Gasteiger partial charge is 0.253 e. The van der Waals surface area contributed by atoms with Gasteiger partial charge in [-0.3, -0.25) is 4.79 Å². The summed E-state index contributed by atoms with van der Waals surface area (Å²) in [5.74, 6) is -0.0681. The molecule has 2 heterocycles. The highest BCUT2D eigenvalue weighted by Crippen LogP contribution is 2.21. The van der Waals surface area contributed by atoms with Crippen molar-refractivity contribution in [2.24, 2.45) is 0 Å². The average Bonchev–Trinajstić information content (AvgIpc) is 3.10. The third-order valence-electron chi connectivity index (χ3n) is 3.58. The van der Waals surface area contributed by atoms with E-state index in [0.29, 0.717) is 17.8 Å². The number of H-pyrrole nitrogens is 1. The topological polar surface area (TPSA) is 70.9 Å². The Kier molecular flexibility index (Phi) is 3.66. The minimum absolute atomic E-state index is 0.0681. The lowest BCUT2D eigenvalue weighted by atomic mass is 10.1. The summed E-state index contributed by atoms with van der Waals surface area (Å²) < 4.78 is 0. The number of nitrogens with two attached hydrogens (primary N) is 1. The predicted octanol–water partition coefficient (Wildman–Crippen LogP) is 3.30. The Morgan fingerprint density at radius 2 is 2.24 bits per heavy atom. The third kappa shape index (κ3) is 2.64. The number of carbonyl (C=O) groups is 1. The van der Waals surface area contributed by atoms with Gasteiger partial charge in [-0.1, -0.05) is 6.92 Å². The summed E-state index contributed by atoms with van der Waals surface area (Å²) in [4.78, 5) is 16.6. The van der Waals surface area contributed by atoms with E-state index in [1.165, 1.54) is 10.4 Å². The van der Waals surface area contributed by atoms with Crippen LogP contribution < -0.4 is 11.1 Å². The maximum Gasteiger partial charge on any atom is 0.253 e. The van der Waals surface area contributed by atoms with Gasteiger partial charge in [0.05, 0.1) is 12.1 Å². The Labute approximate surface area is 127 Å². The molecule has 0 unspecified atom stereocenters. The van der Waals surface area contributed by atoms with Gasteiger partial charge < -0.3 is 16.0 Å². The van der Waals surface area contributed by atoms with Gasteiger partial charge in [-0.05, 0) is 41.6 Å². The summed E-state index contributed by atoms with van der Waals surface area (Å²) in [5.41, 5.74) is 9.26. The first-order valence-electron chi connectivity index (χ1n) is 6.89. The first-order chi connectivity index (χ1) is 10.2. The molecule has 0 aliphatic carbocycles. The fourth-order valence-electron chi connectivity index (χ4n) is 2.42. The van der Waals surface area contributed by atoms with Crippen LogP contribution in [0.4, 0.5) is 5.69 Å². The van der Waals surface area contributed by atoms with E-state index in [2.05, 4.69) is 28.7 Å². The van der Waals surface area contributed by atoms with Gasteiger partial charge in [0, 0.05) is 27.7 Å². The molecule has 1 aromatic carbocycles. The number of carbonyl (C=O) groups excluding carboxylic acids is 1.